The molecule has 0 saturated heterocycles. The molecule has 0 spiro atoms. The van der Waals surface area contributed by atoms with E-state index in [0.29, 0.717) is 12.1 Å². The van der Waals surface area contributed by atoms with E-state index in [1.807, 2.05) is 26.0 Å². The minimum atomic E-state index is -0.0610. The maximum absolute atomic E-state index is 11.9. The molecule has 2 amide bonds. The van der Waals surface area contributed by atoms with Crippen LogP contribution in [-0.4, -0.2) is 24.4 Å². The van der Waals surface area contributed by atoms with Gasteiger partial charge in [0.25, 0.3) is 5.91 Å². The lowest BCUT2D eigenvalue weighted by atomic mass is 10.1. The Morgan fingerprint density at radius 3 is 2.67 bits per heavy atom. The minimum Gasteiger partial charge on any atom is -0.350 e. The van der Waals surface area contributed by atoms with E-state index >= 15 is 0 Å². The zero-order valence-corrected chi connectivity index (χ0v) is 11.0. The van der Waals surface area contributed by atoms with E-state index < -0.39 is 0 Å². The zero-order chi connectivity index (χ0) is 13.3. The molecule has 1 aromatic carbocycles. The van der Waals surface area contributed by atoms with Crippen molar-refractivity contribution < 1.29 is 9.59 Å². The zero-order valence-electron chi connectivity index (χ0n) is 11.0. The minimum absolute atomic E-state index is 0.0492. The number of rotatable bonds is 2. The first kappa shape index (κ1) is 12.6. The first-order valence-electron chi connectivity index (χ1n) is 6.21. The summed E-state index contributed by atoms with van der Waals surface area (Å²) >= 11 is 0. The van der Waals surface area contributed by atoms with Gasteiger partial charge >= 0.3 is 0 Å². The second-order valence-electron chi connectivity index (χ2n) is 4.89. The molecule has 4 nitrogen and oxygen atoms in total. The van der Waals surface area contributed by atoms with E-state index in [1.165, 1.54) is 0 Å². The summed E-state index contributed by atoms with van der Waals surface area (Å²) in [5, 5.41) is 2.86. The molecule has 1 aromatic rings. The first-order chi connectivity index (χ1) is 8.49. The standard InChI is InChI=1S/C14H18N2O2/c1-9(2)15-14(18)12-4-5-13-11(8-12)6-7-16(13)10(3)17/h4-5,8-9H,6-7H2,1-3H3,(H,15,18). The molecular formula is C14H18N2O2. The smallest absolute Gasteiger partial charge is 0.251 e. The number of amides is 2. The monoisotopic (exact) mass is 246 g/mol. The predicted octanol–water partition coefficient (Wildman–Crippen LogP) is 1.73. The summed E-state index contributed by atoms with van der Waals surface area (Å²) < 4.78 is 0. The van der Waals surface area contributed by atoms with Crippen molar-refractivity contribution in [3.63, 3.8) is 0 Å². The summed E-state index contributed by atoms with van der Waals surface area (Å²) in [4.78, 5) is 25.0. The van der Waals surface area contributed by atoms with Crippen molar-refractivity contribution in [2.24, 2.45) is 0 Å². The third kappa shape index (κ3) is 2.37. The highest BCUT2D eigenvalue weighted by atomic mass is 16.2. The number of nitrogens with zero attached hydrogens (tertiary/aromatic N) is 1. The normalized spacial score (nSPS) is 13.7. The molecule has 2 rings (SSSR count). The van der Waals surface area contributed by atoms with Gasteiger partial charge in [0.05, 0.1) is 0 Å². The molecule has 0 radical (unpaired) electrons. The third-order valence-corrected chi connectivity index (χ3v) is 3.04. The Balaban J connectivity index is 2.24. The average Bonchev–Trinajstić information content (AvgIpc) is 2.70. The fourth-order valence-corrected chi connectivity index (χ4v) is 2.22. The molecule has 0 unspecified atom stereocenters. The van der Waals surface area contributed by atoms with E-state index in [0.717, 1.165) is 17.7 Å². The lowest BCUT2D eigenvalue weighted by molar-refractivity contribution is -0.116. The van der Waals surface area contributed by atoms with Crippen LogP contribution in [-0.2, 0) is 11.2 Å². The molecule has 0 fully saturated rings. The topological polar surface area (TPSA) is 49.4 Å². The third-order valence-electron chi connectivity index (χ3n) is 3.04. The summed E-state index contributed by atoms with van der Waals surface area (Å²) in [6, 6.07) is 5.65. The highest BCUT2D eigenvalue weighted by Gasteiger charge is 2.23. The molecule has 0 atom stereocenters. The van der Waals surface area contributed by atoms with E-state index in [2.05, 4.69) is 5.32 Å². The molecule has 18 heavy (non-hydrogen) atoms. The first-order valence-corrected chi connectivity index (χ1v) is 6.21. The quantitative estimate of drug-likeness (QED) is 0.864. The van der Waals surface area contributed by atoms with E-state index in [1.54, 1.807) is 17.9 Å². The van der Waals surface area contributed by atoms with Crippen molar-refractivity contribution in [2.45, 2.75) is 33.2 Å². The van der Waals surface area contributed by atoms with Crippen molar-refractivity contribution >= 4 is 17.5 Å². The van der Waals surface area contributed by atoms with Crippen molar-refractivity contribution in [1.82, 2.24) is 5.32 Å². The van der Waals surface area contributed by atoms with Gasteiger partial charge in [-0.25, -0.2) is 0 Å². The Hall–Kier alpha value is -1.84. The molecular weight excluding hydrogens is 228 g/mol. The Labute approximate surface area is 107 Å². The number of hydrogen-bond donors (Lipinski definition) is 1. The van der Waals surface area contributed by atoms with Gasteiger partial charge in [-0.05, 0) is 44.0 Å². The van der Waals surface area contributed by atoms with Gasteiger partial charge in [0.1, 0.15) is 0 Å². The summed E-state index contributed by atoms with van der Waals surface area (Å²) in [6.45, 7) is 6.14. The molecule has 0 aromatic heterocycles. The lowest BCUT2D eigenvalue weighted by Crippen LogP contribution is -2.30. The molecule has 1 heterocycles. The van der Waals surface area contributed by atoms with Gasteiger partial charge in [0.2, 0.25) is 5.91 Å². The number of anilines is 1. The highest BCUT2D eigenvalue weighted by molar-refractivity contribution is 5.97. The van der Waals surface area contributed by atoms with Gasteiger partial charge in [0.15, 0.2) is 0 Å². The molecule has 1 aliphatic heterocycles. The number of benzene rings is 1. The van der Waals surface area contributed by atoms with E-state index in [9.17, 15) is 9.59 Å². The Bertz CT molecular complexity index is 495. The molecule has 0 aliphatic carbocycles. The summed E-state index contributed by atoms with van der Waals surface area (Å²) in [5.74, 6) is -0.0118. The van der Waals surface area contributed by atoms with Crippen LogP contribution in [0.15, 0.2) is 18.2 Å². The van der Waals surface area contributed by atoms with Crippen LogP contribution in [0.1, 0.15) is 36.7 Å². The van der Waals surface area contributed by atoms with Crippen LogP contribution < -0.4 is 10.2 Å². The number of fused-ring (bicyclic) bond motifs is 1. The molecule has 4 heteroatoms. The summed E-state index contributed by atoms with van der Waals surface area (Å²) in [7, 11) is 0. The van der Waals surface area contributed by atoms with E-state index in [4.69, 9.17) is 0 Å². The number of hydrogen-bond acceptors (Lipinski definition) is 2. The molecule has 1 aliphatic rings. The van der Waals surface area contributed by atoms with Crippen LogP contribution in [0.25, 0.3) is 0 Å². The fourth-order valence-electron chi connectivity index (χ4n) is 2.22. The summed E-state index contributed by atoms with van der Waals surface area (Å²) in [6.07, 6.45) is 0.817. The van der Waals surface area contributed by atoms with Crippen LogP contribution in [0, 0.1) is 0 Å². The van der Waals surface area contributed by atoms with Crippen LogP contribution in [0.4, 0.5) is 5.69 Å². The van der Waals surface area contributed by atoms with Crippen LogP contribution in [0.5, 0.6) is 0 Å². The molecule has 1 N–H and O–H groups in total. The maximum Gasteiger partial charge on any atom is 0.251 e. The van der Waals surface area contributed by atoms with Crippen LogP contribution >= 0.6 is 0 Å². The maximum atomic E-state index is 11.9. The van der Waals surface area contributed by atoms with Gasteiger partial charge in [-0.1, -0.05) is 0 Å². The van der Waals surface area contributed by atoms with Gasteiger partial charge in [-0.15, -0.1) is 0 Å². The molecule has 0 bridgehead atoms. The van der Waals surface area contributed by atoms with E-state index in [-0.39, 0.29) is 17.9 Å². The van der Waals surface area contributed by atoms with Crippen molar-refractivity contribution in [2.75, 3.05) is 11.4 Å². The Morgan fingerprint density at radius 1 is 1.33 bits per heavy atom. The lowest BCUT2D eigenvalue weighted by Gasteiger charge is -2.15. The SMILES string of the molecule is CC(=O)N1CCc2cc(C(=O)NC(C)C)ccc21. The van der Waals surface area contributed by atoms with Gasteiger partial charge in [-0.3, -0.25) is 9.59 Å². The predicted molar refractivity (Wildman–Crippen MR) is 70.8 cm³/mol. The van der Waals surface area contributed by atoms with Crippen molar-refractivity contribution in [1.29, 1.82) is 0 Å². The summed E-state index contributed by atoms with van der Waals surface area (Å²) in [5.41, 5.74) is 2.66. The fraction of sp³-hybridized carbons (Fsp3) is 0.429. The van der Waals surface area contributed by atoms with Crippen LogP contribution in [0.2, 0.25) is 0 Å². The second-order valence-corrected chi connectivity index (χ2v) is 4.89. The average molecular weight is 246 g/mol. The largest absolute Gasteiger partial charge is 0.350 e. The Morgan fingerprint density at radius 2 is 2.06 bits per heavy atom. The van der Waals surface area contributed by atoms with Crippen LogP contribution in [0.3, 0.4) is 0 Å². The highest BCUT2D eigenvalue weighted by Crippen LogP contribution is 2.28. The van der Waals surface area contributed by atoms with Crippen molar-refractivity contribution in [3.8, 4) is 0 Å². The Kier molecular flexibility index (Phi) is 3.36. The second kappa shape index (κ2) is 4.80. The molecule has 0 saturated carbocycles. The van der Waals surface area contributed by atoms with Gasteiger partial charge in [0, 0.05) is 30.8 Å². The van der Waals surface area contributed by atoms with Crippen molar-refractivity contribution in [3.05, 3.63) is 29.3 Å². The van der Waals surface area contributed by atoms with Gasteiger partial charge < -0.3 is 10.2 Å². The van der Waals surface area contributed by atoms with Gasteiger partial charge in [-0.2, -0.15) is 0 Å². The number of nitrogens with one attached hydrogen (secondary N) is 1. The number of carbonyl (C=O) groups is 2. The number of carbonyl (C=O) groups excluding carboxylic acids is 2. The molecule has 96 valence electrons.